The quantitative estimate of drug-likeness (QED) is 0.761. The fourth-order valence-corrected chi connectivity index (χ4v) is 1.70. The molecule has 0 spiro atoms. The molecule has 18 heavy (non-hydrogen) atoms. The van der Waals surface area contributed by atoms with Gasteiger partial charge in [0.1, 0.15) is 11.5 Å². The lowest BCUT2D eigenvalue weighted by molar-refractivity contribution is -0.116. The third kappa shape index (κ3) is 5.68. The maximum absolute atomic E-state index is 11.5. The van der Waals surface area contributed by atoms with E-state index in [4.69, 9.17) is 4.42 Å². The van der Waals surface area contributed by atoms with E-state index in [2.05, 4.69) is 5.32 Å². The fraction of sp³-hybridized carbons (Fsp3) is 0.500. The van der Waals surface area contributed by atoms with Crippen molar-refractivity contribution < 1.29 is 14.3 Å². The number of aliphatic hydroxyl groups is 1. The summed E-state index contributed by atoms with van der Waals surface area (Å²) in [6, 6.07) is 3.66. The minimum atomic E-state index is -0.335. The molecule has 1 aromatic heterocycles. The van der Waals surface area contributed by atoms with E-state index < -0.39 is 0 Å². The van der Waals surface area contributed by atoms with E-state index in [1.807, 2.05) is 26.0 Å². The minimum absolute atomic E-state index is 0.151. The molecule has 2 N–H and O–H groups in total. The Bertz CT molecular complexity index is 407. The lowest BCUT2D eigenvalue weighted by Gasteiger charge is -2.13. The molecule has 1 rings (SSSR count). The van der Waals surface area contributed by atoms with Crippen LogP contribution < -0.4 is 5.32 Å². The molecule has 2 atom stereocenters. The van der Waals surface area contributed by atoms with Crippen molar-refractivity contribution in [3.8, 4) is 0 Å². The number of aliphatic hydroxyl groups excluding tert-OH is 1. The van der Waals surface area contributed by atoms with Crippen LogP contribution in [-0.4, -0.2) is 23.7 Å². The molecule has 0 bridgehead atoms. The average molecular weight is 251 g/mol. The monoisotopic (exact) mass is 251 g/mol. The molecule has 4 heteroatoms. The summed E-state index contributed by atoms with van der Waals surface area (Å²) in [5, 5.41) is 12.0. The van der Waals surface area contributed by atoms with E-state index in [9.17, 15) is 9.90 Å². The number of hydrogen-bond donors (Lipinski definition) is 2. The average Bonchev–Trinajstić information content (AvgIpc) is 2.69. The molecule has 0 aliphatic carbocycles. The van der Waals surface area contributed by atoms with E-state index in [1.165, 1.54) is 6.08 Å². The molecular formula is C14H21NO3. The smallest absolute Gasteiger partial charge is 0.244 e. The summed E-state index contributed by atoms with van der Waals surface area (Å²) in [6.45, 7) is 6.16. The Hall–Kier alpha value is -1.55. The number of carbonyl (C=O) groups is 1. The topological polar surface area (TPSA) is 62.5 Å². The van der Waals surface area contributed by atoms with Crippen LogP contribution in [0.5, 0.6) is 0 Å². The van der Waals surface area contributed by atoms with Crippen LogP contribution in [0.15, 0.2) is 22.6 Å². The molecule has 1 heterocycles. The van der Waals surface area contributed by atoms with Crippen LogP contribution in [0.25, 0.3) is 6.08 Å². The molecule has 1 amide bonds. The SMILES string of the molecule is Cc1ccc(C=CC(=O)NCC(C)CC(C)O)o1. The number of carbonyl (C=O) groups excluding carboxylic acids is 1. The second kappa shape index (κ2) is 7.01. The first-order valence-corrected chi connectivity index (χ1v) is 6.17. The Balaban J connectivity index is 2.31. The third-order valence-corrected chi connectivity index (χ3v) is 2.53. The highest BCUT2D eigenvalue weighted by atomic mass is 16.3. The largest absolute Gasteiger partial charge is 0.462 e. The van der Waals surface area contributed by atoms with Crippen molar-refractivity contribution in [3.63, 3.8) is 0 Å². The molecule has 0 aliphatic heterocycles. The van der Waals surface area contributed by atoms with Crippen molar-refractivity contribution in [2.24, 2.45) is 5.92 Å². The zero-order valence-electron chi connectivity index (χ0n) is 11.1. The van der Waals surface area contributed by atoms with Gasteiger partial charge in [-0.1, -0.05) is 6.92 Å². The summed E-state index contributed by atoms with van der Waals surface area (Å²) < 4.78 is 5.31. The Kier molecular flexibility index (Phi) is 5.65. The standard InChI is InChI=1S/C14H21NO3/c1-10(8-11(2)16)9-15-14(17)7-6-13-5-4-12(3)18-13/h4-7,10-11,16H,8-9H2,1-3H3,(H,15,17). The normalized spacial score (nSPS) is 14.7. The van der Waals surface area contributed by atoms with Crippen molar-refractivity contribution in [2.75, 3.05) is 6.54 Å². The Labute approximate surface area is 108 Å². The number of aryl methyl sites for hydroxylation is 1. The highest BCUT2D eigenvalue weighted by Gasteiger charge is 2.06. The van der Waals surface area contributed by atoms with Gasteiger partial charge in [0.15, 0.2) is 0 Å². The van der Waals surface area contributed by atoms with Gasteiger partial charge < -0.3 is 14.8 Å². The predicted molar refractivity (Wildman–Crippen MR) is 71.0 cm³/mol. The molecule has 0 aromatic carbocycles. The van der Waals surface area contributed by atoms with Gasteiger partial charge in [-0.3, -0.25) is 4.79 Å². The summed E-state index contributed by atoms with van der Waals surface area (Å²) in [4.78, 5) is 11.5. The van der Waals surface area contributed by atoms with Crippen molar-refractivity contribution in [3.05, 3.63) is 29.7 Å². The van der Waals surface area contributed by atoms with Gasteiger partial charge in [-0.25, -0.2) is 0 Å². The molecule has 100 valence electrons. The number of hydrogen-bond acceptors (Lipinski definition) is 3. The van der Waals surface area contributed by atoms with Crippen molar-refractivity contribution in [1.82, 2.24) is 5.32 Å². The first-order chi connectivity index (χ1) is 8.47. The Morgan fingerprint density at radius 2 is 2.22 bits per heavy atom. The Morgan fingerprint density at radius 1 is 1.50 bits per heavy atom. The van der Waals surface area contributed by atoms with E-state index in [1.54, 1.807) is 13.0 Å². The summed E-state index contributed by atoms with van der Waals surface area (Å²) >= 11 is 0. The molecule has 0 radical (unpaired) electrons. The maximum Gasteiger partial charge on any atom is 0.244 e. The summed E-state index contributed by atoms with van der Waals surface area (Å²) in [5.74, 6) is 1.59. The van der Waals surface area contributed by atoms with E-state index in [0.717, 1.165) is 5.76 Å². The van der Waals surface area contributed by atoms with Crippen LogP contribution in [0.4, 0.5) is 0 Å². The first kappa shape index (κ1) is 14.5. The van der Waals surface area contributed by atoms with Gasteiger partial charge >= 0.3 is 0 Å². The van der Waals surface area contributed by atoms with Gasteiger partial charge in [-0.05, 0) is 44.4 Å². The summed E-state index contributed by atoms with van der Waals surface area (Å²) in [6.07, 6.45) is 3.44. The highest BCUT2D eigenvalue weighted by molar-refractivity contribution is 5.91. The van der Waals surface area contributed by atoms with Gasteiger partial charge in [0.2, 0.25) is 5.91 Å². The predicted octanol–water partition coefficient (Wildman–Crippen LogP) is 2.12. The maximum atomic E-state index is 11.5. The number of nitrogens with one attached hydrogen (secondary N) is 1. The van der Waals surface area contributed by atoms with Crippen molar-refractivity contribution >= 4 is 12.0 Å². The molecular weight excluding hydrogens is 230 g/mol. The second-order valence-electron chi connectivity index (χ2n) is 4.72. The number of amides is 1. The molecule has 2 unspecified atom stereocenters. The minimum Gasteiger partial charge on any atom is -0.462 e. The molecule has 0 fully saturated rings. The van der Waals surface area contributed by atoms with Crippen molar-refractivity contribution in [2.45, 2.75) is 33.3 Å². The van der Waals surface area contributed by atoms with Crippen LogP contribution in [0.2, 0.25) is 0 Å². The fourth-order valence-electron chi connectivity index (χ4n) is 1.70. The van der Waals surface area contributed by atoms with E-state index in [-0.39, 0.29) is 17.9 Å². The van der Waals surface area contributed by atoms with Crippen LogP contribution in [0.1, 0.15) is 31.8 Å². The zero-order chi connectivity index (χ0) is 13.5. The van der Waals surface area contributed by atoms with Crippen LogP contribution in [0.3, 0.4) is 0 Å². The van der Waals surface area contributed by atoms with Gasteiger partial charge in [0, 0.05) is 12.6 Å². The molecule has 0 saturated carbocycles. The third-order valence-electron chi connectivity index (χ3n) is 2.53. The van der Waals surface area contributed by atoms with Crippen LogP contribution in [-0.2, 0) is 4.79 Å². The molecule has 4 nitrogen and oxygen atoms in total. The van der Waals surface area contributed by atoms with Gasteiger partial charge in [-0.15, -0.1) is 0 Å². The summed E-state index contributed by atoms with van der Waals surface area (Å²) in [5.41, 5.74) is 0. The van der Waals surface area contributed by atoms with Gasteiger partial charge in [0.05, 0.1) is 6.10 Å². The molecule has 0 aliphatic rings. The van der Waals surface area contributed by atoms with Gasteiger partial charge in [0.25, 0.3) is 0 Å². The molecule has 1 aromatic rings. The molecule has 0 saturated heterocycles. The number of rotatable bonds is 6. The van der Waals surface area contributed by atoms with Crippen molar-refractivity contribution in [1.29, 1.82) is 0 Å². The first-order valence-electron chi connectivity index (χ1n) is 6.17. The zero-order valence-corrected chi connectivity index (χ0v) is 11.1. The highest BCUT2D eigenvalue weighted by Crippen LogP contribution is 2.08. The number of furan rings is 1. The van der Waals surface area contributed by atoms with Crippen LogP contribution in [0, 0.1) is 12.8 Å². The van der Waals surface area contributed by atoms with E-state index >= 15 is 0 Å². The lowest BCUT2D eigenvalue weighted by Crippen LogP contribution is -2.27. The second-order valence-corrected chi connectivity index (χ2v) is 4.72. The van der Waals surface area contributed by atoms with Crippen LogP contribution >= 0.6 is 0 Å². The Morgan fingerprint density at radius 3 is 2.78 bits per heavy atom. The van der Waals surface area contributed by atoms with E-state index in [0.29, 0.717) is 18.7 Å². The lowest BCUT2D eigenvalue weighted by atomic mass is 10.0. The summed E-state index contributed by atoms with van der Waals surface area (Å²) in [7, 11) is 0. The van der Waals surface area contributed by atoms with Gasteiger partial charge in [-0.2, -0.15) is 0 Å².